The summed E-state index contributed by atoms with van der Waals surface area (Å²) in [6.45, 7) is 5.32. The van der Waals surface area contributed by atoms with Crippen molar-refractivity contribution in [1.82, 2.24) is 0 Å². The third kappa shape index (κ3) is 1.29. The normalized spacial score (nSPS) is 52.2. The van der Waals surface area contributed by atoms with Crippen LogP contribution >= 0.6 is 0 Å². The highest BCUT2D eigenvalue weighted by Gasteiger charge is 2.55. The van der Waals surface area contributed by atoms with Crippen LogP contribution in [0.3, 0.4) is 0 Å². The van der Waals surface area contributed by atoms with Crippen LogP contribution in [0.15, 0.2) is 0 Å². The van der Waals surface area contributed by atoms with Crippen molar-refractivity contribution >= 4 is 0 Å². The van der Waals surface area contributed by atoms with Gasteiger partial charge in [0.25, 0.3) is 0 Å². The molecular formula is C9H14O4. The lowest BCUT2D eigenvalue weighted by molar-refractivity contribution is -0.176. The number of fused-ring (bicyclic) bond motifs is 1. The molecule has 0 aromatic rings. The quantitative estimate of drug-likeness (QED) is 0.552. The van der Waals surface area contributed by atoms with E-state index in [0.29, 0.717) is 6.61 Å². The third-order valence-electron chi connectivity index (χ3n) is 2.72. The predicted molar refractivity (Wildman–Crippen MR) is 43.3 cm³/mol. The first-order valence-corrected chi connectivity index (χ1v) is 4.74. The zero-order valence-corrected chi connectivity index (χ0v) is 7.86. The molecule has 3 aliphatic rings. The molecule has 0 N–H and O–H groups in total. The molecule has 3 aliphatic heterocycles. The lowest BCUT2D eigenvalue weighted by Gasteiger charge is -2.20. The van der Waals surface area contributed by atoms with Gasteiger partial charge in [-0.1, -0.05) is 0 Å². The molecule has 1 unspecified atom stereocenters. The van der Waals surface area contributed by atoms with Gasteiger partial charge in [-0.3, -0.25) is 0 Å². The highest BCUT2D eigenvalue weighted by molar-refractivity contribution is 4.98. The number of ether oxygens (including phenoxy) is 4. The number of rotatable bonds is 1. The fourth-order valence-electron chi connectivity index (χ4n) is 2.14. The standard InChI is InChI=1S/C9H14O4/c1-9(2)12-6-4-11-7(5-3-10-5)8(6)13-9/h5-8H,3-4H2,1-2H3/t5-,6-,7?,8-/m1/s1. The molecule has 3 fully saturated rings. The molecule has 0 amide bonds. The van der Waals surface area contributed by atoms with Gasteiger partial charge in [-0.25, -0.2) is 0 Å². The maximum absolute atomic E-state index is 5.76. The highest BCUT2D eigenvalue weighted by atomic mass is 16.8. The molecular weight excluding hydrogens is 172 g/mol. The summed E-state index contributed by atoms with van der Waals surface area (Å²) in [4.78, 5) is 0. The fourth-order valence-corrected chi connectivity index (χ4v) is 2.14. The maximum Gasteiger partial charge on any atom is 0.164 e. The molecule has 13 heavy (non-hydrogen) atoms. The van der Waals surface area contributed by atoms with Crippen LogP contribution in [0.2, 0.25) is 0 Å². The van der Waals surface area contributed by atoms with Crippen LogP contribution in [-0.4, -0.2) is 43.4 Å². The van der Waals surface area contributed by atoms with E-state index in [9.17, 15) is 0 Å². The van der Waals surface area contributed by atoms with Crippen molar-refractivity contribution in [2.24, 2.45) is 0 Å². The molecule has 0 spiro atoms. The Morgan fingerprint density at radius 1 is 0.923 bits per heavy atom. The van der Waals surface area contributed by atoms with Gasteiger partial charge in [-0.2, -0.15) is 0 Å². The average molecular weight is 186 g/mol. The summed E-state index contributed by atoms with van der Waals surface area (Å²) in [7, 11) is 0. The van der Waals surface area contributed by atoms with Gasteiger partial charge < -0.3 is 18.9 Å². The second-order valence-corrected chi connectivity index (χ2v) is 4.31. The van der Waals surface area contributed by atoms with E-state index in [0.717, 1.165) is 6.61 Å². The van der Waals surface area contributed by atoms with E-state index < -0.39 is 5.79 Å². The van der Waals surface area contributed by atoms with Crippen LogP contribution < -0.4 is 0 Å². The molecule has 0 bridgehead atoms. The van der Waals surface area contributed by atoms with Crippen molar-refractivity contribution in [3.05, 3.63) is 0 Å². The van der Waals surface area contributed by atoms with Crippen molar-refractivity contribution < 1.29 is 18.9 Å². The Morgan fingerprint density at radius 3 is 2.38 bits per heavy atom. The minimum atomic E-state index is -0.452. The van der Waals surface area contributed by atoms with Gasteiger partial charge in [0.05, 0.1) is 13.2 Å². The summed E-state index contributed by atoms with van der Waals surface area (Å²) in [5, 5.41) is 0. The molecule has 0 saturated carbocycles. The summed E-state index contributed by atoms with van der Waals surface area (Å²) >= 11 is 0. The first kappa shape index (κ1) is 8.17. The summed E-state index contributed by atoms with van der Waals surface area (Å²) in [5.41, 5.74) is 0. The zero-order chi connectivity index (χ0) is 9.05. The maximum atomic E-state index is 5.76. The van der Waals surface area contributed by atoms with Crippen molar-refractivity contribution in [2.45, 2.75) is 44.1 Å². The summed E-state index contributed by atoms with van der Waals surface area (Å²) < 4.78 is 22.2. The molecule has 3 saturated heterocycles. The third-order valence-corrected chi connectivity index (χ3v) is 2.72. The number of hydrogen-bond donors (Lipinski definition) is 0. The van der Waals surface area contributed by atoms with Gasteiger partial charge in [0, 0.05) is 0 Å². The molecule has 0 aliphatic carbocycles. The Morgan fingerprint density at radius 2 is 1.69 bits per heavy atom. The largest absolute Gasteiger partial charge is 0.370 e. The van der Waals surface area contributed by atoms with Crippen molar-refractivity contribution in [3.63, 3.8) is 0 Å². The topological polar surface area (TPSA) is 40.2 Å². The van der Waals surface area contributed by atoms with E-state index in [1.54, 1.807) is 0 Å². The monoisotopic (exact) mass is 186 g/mol. The lowest BCUT2D eigenvalue weighted by Crippen LogP contribution is -2.33. The number of epoxide rings is 1. The van der Waals surface area contributed by atoms with Crippen molar-refractivity contribution in [3.8, 4) is 0 Å². The Labute approximate surface area is 77.1 Å². The van der Waals surface area contributed by atoms with Gasteiger partial charge in [0.1, 0.15) is 24.4 Å². The summed E-state index contributed by atoms with van der Waals surface area (Å²) in [6.07, 6.45) is 0.506. The van der Waals surface area contributed by atoms with Gasteiger partial charge in [0.2, 0.25) is 0 Å². The van der Waals surface area contributed by atoms with Crippen LogP contribution in [-0.2, 0) is 18.9 Å². The van der Waals surface area contributed by atoms with Crippen molar-refractivity contribution in [1.29, 1.82) is 0 Å². The molecule has 0 radical (unpaired) electrons. The van der Waals surface area contributed by atoms with Gasteiger partial charge in [0.15, 0.2) is 5.79 Å². The van der Waals surface area contributed by atoms with Crippen molar-refractivity contribution in [2.75, 3.05) is 13.2 Å². The molecule has 4 nitrogen and oxygen atoms in total. The summed E-state index contributed by atoms with van der Waals surface area (Å²) in [5.74, 6) is -0.452. The van der Waals surface area contributed by atoms with Crippen LogP contribution in [0.5, 0.6) is 0 Å². The van der Waals surface area contributed by atoms with Crippen LogP contribution in [0.25, 0.3) is 0 Å². The molecule has 3 rings (SSSR count). The van der Waals surface area contributed by atoms with E-state index >= 15 is 0 Å². The second kappa shape index (κ2) is 2.45. The highest BCUT2D eigenvalue weighted by Crippen LogP contribution is 2.38. The minimum Gasteiger partial charge on any atom is -0.370 e. The van der Waals surface area contributed by atoms with Gasteiger partial charge >= 0.3 is 0 Å². The van der Waals surface area contributed by atoms with E-state index in [1.807, 2.05) is 13.8 Å². The Kier molecular flexibility index (Phi) is 1.54. The van der Waals surface area contributed by atoms with Crippen LogP contribution in [0.1, 0.15) is 13.8 Å². The predicted octanol–water partition coefficient (Wildman–Crippen LogP) is 0.304. The molecule has 4 atom stereocenters. The first-order chi connectivity index (χ1) is 6.16. The smallest absolute Gasteiger partial charge is 0.164 e. The zero-order valence-electron chi connectivity index (χ0n) is 7.86. The molecule has 3 heterocycles. The molecule has 74 valence electrons. The van der Waals surface area contributed by atoms with E-state index in [-0.39, 0.29) is 24.4 Å². The number of hydrogen-bond acceptors (Lipinski definition) is 4. The molecule has 4 heteroatoms. The molecule has 0 aromatic heterocycles. The average Bonchev–Trinajstić information content (AvgIpc) is 2.72. The van der Waals surface area contributed by atoms with Gasteiger partial charge in [-0.15, -0.1) is 0 Å². The lowest BCUT2D eigenvalue weighted by atomic mass is 10.1. The van der Waals surface area contributed by atoms with E-state index in [4.69, 9.17) is 18.9 Å². The van der Waals surface area contributed by atoms with E-state index in [1.165, 1.54) is 0 Å². The van der Waals surface area contributed by atoms with Crippen LogP contribution in [0, 0.1) is 0 Å². The Bertz CT molecular complexity index is 224. The fraction of sp³-hybridized carbons (Fsp3) is 1.00. The van der Waals surface area contributed by atoms with E-state index in [2.05, 4.69) is 0 Å². The minimum absolute atomic E-state index is 0.0718. The SMILES string of the molecule is CC1(C)O[C@@H]2COC([C@H]3CO3)[C@@H]2O1. The Hall–Kier alpha value is -0.160. The van der Waals surface area contributed by atoms with Crippen LogP contribution in [0.4, 0.5) is 0 Å². The first-order valence-electron chi connectivity index (χ1n) is 4.74. The molecule has 0 aromatic carbocycles. The Balaban J connectivity index is 1.76. The van der Waals surface area contributed by atoms with Gasteiger partial charge in [-0.05, 0) is 13.8 Å². The summed E-state index contributed by atoms with van der Waals surface area (Å²) in [6, 6.07) is 0. The second-order valence-electron chi connectivity index (χ2n) is 4.31.